The Balaban J connectivity index is 2.02. The second-order valence-electron chi connectivity index (χ2n) is 3.59. The van der Waals surface area contributed by atoms with Crippen molar-refractivity contribution in [2.24, 2.45) is 0 Å². The second-order valence-corrected chi connectivity index (χ2v) is 3.59. The maximum Gasteiger partial charge on any atom is 0.278 e. The van der Waals surface area contributed by atoms with Gasteiger partial charge in [-0.3, -0.25) is 9.36 Å². The van der Waals surface area contributed by atoms with E-state index < -0.39 is 12.5 Å². The molecule has 8 heteroatoms. The molecule has 1 saturated heterocycles. The first-order valence-electron chi connectivity index (χ1n) is 5.07. The lowest BCUT2D eigenvalue weighted by atomic mass is 10.5. The first-order valence-corrected chi connectivity index (χ1v) is 5.07. The summed E-state index contributed by atoms with van der Waals surface area (Å²) in [5.74, 6) is 0. The number of aromatic nitrogens is 4. The smallest absolute Gasteiger partial charge is 0.278 e. The topological polar surface area (TPSA) is 102 Å². The molecule has 0 amide bonds. The molecule has 0 bridgehead atoms. The van der Waals surface area contributed by atoms with E-state index in [1.165, 1.54) is 12.7 Å². The maximum absolute atomic E-state index is 11.4. The van der Waals surface area contributed by atoms with Gasteiger partial charge in [-0.1, -0.05) is 0 Å². The third kappa shape index (κ3) is 1.62. The van der Waals surface area contributed by atoms with E-state index in [1.54, 1.807) is 4.57 Å². The fourth-order valence-corrected chi connectivity index (χ4v) is 1.76. The van der Waals surface area contributed by atoms with Crippen LogP contribution in [0.15, 0.2) is 17.4 Å². The summed E-state index contributed by atoms with van der Waals surface area (Å²) in [7, 11) is 0. The standard InChI is InChI=1S/C9H10N4O4/c14-1-6-16-2-5(17-6)13-4-12-7-8(13)10-3-11-9(7)15/h3-6,14H,1-2H2,(H,10,11,15)/t5-,6+/m0/s1. The second kappa shape index (κ2) is 3.91. The summed E-state index contributed by atoms with van der Waals surface area (Å²) in [5.41, 5.74) is 0.385. The van der Waals surface area contributed by atoms with E-state index in [0.717, 1.165) is 0 Å². The van der Waals surface area contributed by atoms with Crippen molar-refractivity contribution in [1.29, 1.82) is 0 Å². The van der Waals surface area contributed by atoms with E-state index in [4.69, 9.17) is 14.6 Å². The van der Waals surface area contributed by atoms with E-state index in [2.05, 4.69) is 15.0 Å². The van der Waals surface area contributed by atoms with Gasteiger partial charge in [-0.15, -0.1) is 0 Å². The lowest BCUT2D eigenvalue weighted by Crippen LogP contribution is -2.15. The van der Waals surface area contributed by atoms with Crippen molar-refractivity contribution in [3.05, 3.63) is 23.0 Å². The quantitative estimate of drug-likeness (QED) is 0.694. The minimum atomic E-state index is -0.639. The van der Waals surface area contributed by atoms with Crippen LogP contribution in [0.2, 0.25) is 0 Å². The van der Waals surface area contributed by atoms with Gasteiger partial charge in [-0.2, -0.15) is 0 Å². The molecule has 8 nitrogen and oxygen atoms in total. The van der Waals surface area contributed by atoms with Crippen LogP contribution in [0.5, 0.6) is 0 Å². The summed E-state index contributed by atoms with van der Waals surface area (Å²) in [5, 5.41) is 8.89. The molecular formula is C9H10N4O4. The van der Waals surface area contributed by atoms with Crippen LogP contribution in [0.4, 0.5) is 0 Å². The molecule has 2 aromatic rings. The number of fused-ring (bicyclic) bond motifs is 1. The maximum atomic E-state index is 11.4. The van der Waals surface area contributed by atoms with Gasteiger partial charge in [0.15, 0.2) is 23.7 Å². The Morgan fingerprint density at radius 1 is 1.59 bits per heavy atom. The number of nitrogens with zero attached hydrogens (tertiary/aromatic N) is 3. The largest absolute Gasteiger partial charge is 0.391 e. The van der Waals surface area contributed by atoms with Crippen LogP contribution >= 0.6 is 0 Å². The number of aliphatic hydroxyl groups excluding tert-OH is 1. The van der Waals surface area contributed by atoms with Crippen LogP contribution in [-0.4, -0.2) is 44.1 Å². The highest BCUT2D eigenvalue weighted by molar-refractivity contribution is 5.68. The van der Waals surface area contributed by atoms with Gasteiger partial charge in [0.05, 0.1) is 25.9 Å². The number of rotatable bonds is 2. The number of aromatic amines is 1. The Bertz CT molecular complexity index is 592. The molecule has 3 heterocycles. The van der Waals surface area contributed by atoms with E-state index >= 15 is 0 Å². The molecular weight excluding hydrogens is 228 g/mol. The van der Waals surface area contributed by atoms with Gasteiger partial charge >= 0.3 is 0 Å². The van der Waals surface area contributed by atoms with E-state index in [-0.39, 0.29) is 24.3 Å². The molecule has 3 rings (SSSR count). The summed E-state index contributed by atoms with van der Waals surface area (Å²) < 4.78 is 12.2. The van der Waals surface area contributed by atoms with Crippen LogP contribution in [-0.2, 0) is 9.47 Å². The van der Waals surface area contributed by atoms with Crippen LogP contribution < -0.4 is 5.56 Å². The Hall–Kier alpha value is -1.77. The molecule has 0 aromatic carbocycles. The molecule has 1 fully saturated rings. The average Bonchev–Trinajstić information content (AvgIpc) is 2.94. The van der Waals surface area contributed by atoms with Gasteiger partial charge in [0.25, 0.3) is 5.56 Å². The normalized spacial score (nSPS) is 24.5. The van der Waals surface area contributed by atoms with Crippen molar-refractivity contribution in [1.82, 2.24) is 19.5 Å². The monoisotopic (exact) mass is 238 g/mol. The molecule has 90 valence electrons. The van der Waals surface area contributed by atoms with Crippen molar-refractivity contribution in [3.63, 3.8) is 0 Å². The summed E-state index contributed by atoms with van der Waals surface area (Å²) in [6.45, 7) is 0.0717. The van der Waals surface area contributed by atoms with Gasteiger partial charge in [-0.25, -0.2) is 9.97 Å². The molecule has 0 spiro atoms. The Kier molecular flexibility index (Phi) is 2.39. The molecule has 1 aliphatic rings. The number of aliphatic hydroxyl groups is 1. The predicted molar refractivity (Wildman–Crippen MR) is 55.1 cm³/mol. The zero-order chi connectivity index (χ0) is 11.8. The Labute approximate surface area is 94.8 Å². The SMILES string of the molecule is O=c1[nH]cnc2c1ncn2[C@@H]1CO[C@@H](CO)O1. The molecule has 2 N–H and O–H groups in total. The fourth-order valence-electron chi connectivity index (χ4n) is 1.76. The highest BCUT2D eigenvalue weighted by Gasteiger charge is 2.28. The van der Waals surface area contributed by atoms with Crippen LogP contribution in [0, 0.1) is 0 Å². The van der Waals surface area contributed by atoms with Crippen molar-refractivity contribution in [2.45, 2.75) is 12.5 Å². The van der Waals surface area contributed by atoms with Crippen molar-refractivity contribution >= 4 is 11.2 Å². The lowest BCUT2D eigenvalue weighted by molar-refractivity contribution is -0.0980. The highest BCUT2D eigenvalue weighted by atomic mass is 16.7. The first kappa shape index (κ1) is 10.4. The van der Waals surface area contributed by atoms with Gasteiger partial charge in [-0.05, 0) is 0 Å². The number of nitrogens with one attached hydrogen (secondary N) is 1. The molecule has 2 atom stereocenters. The minimum Gasteiger partial charge on any atom is -0.391 e. The molecule has 0 unspecified atom stereocenters. The lowest BCUT2D eigenvalue weighted by Gasteiger charge is -2.10. The molecule has 1 aliphatic heterocycles. The first-order chi connectivity index (χ1) is 8.29. The minimum absolute atomic E-state index is 0.211. The van der Waals surface area contributed by atoms with Gasteiger partial charge in [0.1, 0.15) is 0 Å². The Morgan fingerprint density at radius 2 is 2.47 bits per heavy atom. The number of imidazole rings is 1. The number of hydrogen-bond donors (Lipinski definition) is 2. The van der Waals surface area contributed by atoms with Crippen LogP contribution in [0.1, 0.15) is 6.23 Å². The summed E-state index contributed by atoms with van der Waals surface area (Å²) in [6, 6.07) is 0. The van der Waals surface area contributed by atoms with Gasteiger partial charge in [0.2, 0.25) is 0 Å². The molecule has 0 saturated carbocycles. The van der Waals surface area contributed by atoms with Crippen LogP contribution in [0.25, 0.3) is 11.2 Å². The van der Waals surface area contributed by atoms with Crippen molar-refractivity contribution in [2.75, 3.05) is 13.2 Å². The average molecular weight is 238 g/mol. The summed E-state index contributed by atoms with van der Waals surface area (Å²) in [6.07, 6.45) is 1.72. The number of ether oxygens (including phenoxy) is 2. The molecule has 0 radical (unpaired) electrons. The zero-order valence-corrected chi connectivity index (χ0v) is 8.74. The third-order valence-electron chi connectivity index (χ3n) is 2.56. The molecule has 2 aromatic heterocycles. The van der Waals surface area contributed by atoms with Crippen LogP contribution in [0.3, 0.4) is 0 Å². The van der Waals surface area contributed by atoms with E-state index in [0.29, 0.717) is 5.65 Å². The van der Waals surface area contributed by atoms with E-state index in [9.17, 15) is 4.79 Å². The summed E-state index contributed by atoms with van der Waals surface area (Å²) in [4.78, 5) is 21.9. The zero-order valence-electron chi connectivity index (χ0n) is 8.74. The Morgan fingerprint density at radius 3 is 3.24 bits per heavy atom. The van der Waals surface area contributed by atoms with E-state index in [1.807, 2.05) is 0 Å². The van der Waals surface area contributed by atoms with Gasteiger partial charge in [0, 0.05) is 0 Å². The number of hydrogen-bond acceptors (Lipinski definition) is 6. The van der Waals surface area contributed by atoms with Crippen molar-refractivity contribution < 1.29 is 14.6 Å². The fraction of sp³-hybridized carbons (Fsp3) is 0.444. The predicted octanol–water partition coefficient (Wildman–Crippen LogP) is -1.02. The van der Waals surface area contributed by atoms with Crippen molar-refractivity contribution in [3.8, 4) is 0 Å². The third-order valence-corrected chi connectivity index (χ3v) is 2.56. The highest BCUT2D eigenvalue weighted by Crippen LogP contribution is 2.22. The summed E-state index contributed by atoms with van der Waals surface area (Å²) >= 11 is 0. The molecule has 17 heavy (non-hydrogen) atoms. The molecule has 0 aliphatic carbocycles. The number of H-pyrrole nitrogens is 1. The van der Waals surface area contributed by atoms with Gasteiger partial charge < -0.3 is 19.6 Å².